The van der Waals surface area contributed by atoms with E-state index in [1.807, 2.05) is 25.1 Å². The number of aromatic nitrogens is 1. The van der Waals surface area contributed by atoms with Crippen LogP contribution in [0, 0.1) is 0 Å². The number of nitrogens with zero attached hydrogens (tertiary/aromatic N) is 3. The van der Waals surface area contributed by atoms with Gasteiger partial charge < -0.3 is 14.1 Å². The smallest absolute Gasteiger partial charge is 0.295 e. The number of hydrogen-bond donors (Lipinski definition) is 0. The summed E-state index contributed by atoms with van der Waals surface area (Å²) < 4.78 is 11.9. The predicted molar refractivity (Wildman–Crippen MR) is 116 cm³/mol. The number of fused-ring (bicyclic) bond motifs is 1. The maximum atomic E-state index is 13.0. The number of rotatable bonds is 9. The molecule has 152 valence electrons. The molecule has 0 fully saturated rings. The fourth-order valence-corrected chi connectivity index (χ4v) is 3.88. The van der Waals surface area contributed by atoms with Gasteiger partial charge in [0.05, 0.1) is 23.1 Å². The molecule has 0 spiro atoms. The van der Waals surface area contributed by atoms with Crippen LogP contribution in [0.2, 0.25) is 0 Å². The van der Waals surface area contributed by atoms with E-state index in [9.17, 15) is 4.79 Å². The normalized spacial score (nSPS) is 10.9. The number of carbonyl (C=O) groups excluding carboxylic acids is 1. The Morgan fingerprint density at radius 3 is 2.61 bits per heavy atom. The summed E-state index contributed by atoms with van der Waals surface area (Å²) in [6.07, 6.45) is 1.52. The SMILES string of the molecule is CCOc1ccc2nc(N(CCN(CC)CC)C(=O)c3ccco3)sc2c1.Cl. The number of anilines is 1. The van der Waals surface area contributed by atoms with Gasteiger partial charge in [0.2, 0.25) is 0 Å². The molecule has 0 aliphatic heterocycles. The Hall–Kier alpha value is -2.09. The standard InChI is InChI=1S/C20H25N3O3S.ClH/c1-4-22(5-2)11-12-23(19(24)17-8-7-13-26-17)20-21-16-10-9-15(25-6-3)14-18(16)27-20;/h7-10,13-14H,4-6,11-12H2,1-3H3;1H. The minimum absolute atomic E-state index is 0. The predicted octanol–water partition coefficient (Wildman–Crippen LogP) is 4.70. The third-order valence-corrected chi connectivity index (χ3v) is 5.44. The average molecular weight is 424 g/mol. The van der Waals surface area contributed by atoms with E-state index in [2.05, 4.69) is 23.7 Å². The van der Waals surface area contributed by atoms with Crippen LogP contribution in [0.4, 0.5) is 5.13 Å². The number of thiazole rings is 1. The van der Waals surface area contributed by atoms with Crippen molar-refractivity contribution in [1.82, 2.24) is 9.88 Å². The van der Waals surface area contributed by atoms with Gasteiger partial charge in [0.15, 0.2) is 10.9 Å². The number of likely N-dealkylation sites (N-methyl/N-ethyl adjacent to an activating group) is 1. The number of halogens is 1. The van der Waals surface area contributed by atoms with E-state index in [4.69, 9.17) is 9.15 Å². The van der Waals surface area contributed by atoms with Crippen molar-refractivity contribution in [3.05, 3.63) is 42.4 Å². The maximum absolute atomic E-state index is 13.0. The molecule has 0 saturated heterocycles. The van der Waals surface area contributed by atoms with E-state index in [1.54, 1.807) is 17.0 Å². The van der Waals surface area contributed by atoms with Crippen molar-refractivity contribution in [3.8, 4) is 5.75 Å². The molecule has 0 N–H and O–H groups in total. The maximum Gasteiger partial charge on any atom is 0.295 e. The van der Waals surface area contributed by atoms with Crippen LogP contribution in [0.5, 0.6) is 5.75 Å². The molecule has 0 aliphatic carbocycles. The molecule has 28 heavy (non-hydrogen) atoms. The van der Waals surface area contributed by atoms with E-state index >= 15 is 0 Å². The molecule has 0 bridgehead atoms. The highest BCUT2D eigenvalue weighted by Gasteiger charge is 2.23. The van der Waals surface area contributed by atoms with Crippen LogP contribution >= 0.6 is 23.7 Å². The first-order valence-corrected chi connectivity index (χ1v) is 10.1. The molecule has 0 radical (unpaired) electrons. The van der Waals surface area contributed by atoms with Gasteiger partial charge in [-0.2, -0.15) is 0 Å². The van der Waals surface area contributed by atoms with Gasteiger partial charge in [0.25, 0.3) is 5.91 Å². The van der Waals surface area contributed by atoms with Crippen molar-refractivity contribution in [2.45, 2.75) is 20.8 Å². The summed E-state index contributed by atoms with van der Waals surface area (Å²) in [5.41, 5.74) is 0.860. The number of furan rings is 1. The Balaban J connectivity index is 0.00000280. The summed E-state index contributed by atoms with van der Waals surface area (Å²) in [4.78, 5) is 21.7. The molecule has 0 aliphatic rings. The quantitative estimate of drug-likeness (QED) is 0.499. The molecular weight excluding hydrogens is 398 g/mol. The lowest BCUT2D eigenvalue weighted by Crippen LogP contribution is -2.38. The van der Waals surface area contributed by atoms with E-state index in [-0.39, 0.29) is 18.3 Å². The van der Waals surface area contributed by atoms with Gasteiger partial charge in [-0.25, -0.2) is 4.98 Å². The van der Waals surface area contributed by atoms with Crippen LogP contribution in [0.15, 0.2) is 41.0 Å². The lowest BCUT2D eigenvalue weighted by molar-refractivity contribution is 0.0957. The number of benzene rings is 1. The summed E-state index contributed by atoms with van der Waals surface area (Å²) >= 11 is 1.49. The van der Waals surface area contributed by atoms with E-state index in [1.165, 1.54) is 17.6 Å². The van der Waals surface area contributed by atoms with Crippen LogP contribution in [0.25, 0.3) is 10.2 Å². The molecular formula is C20H26ClN3O3S. The monoisotopic (exact) mass is 423 g/mol. The minimum Gasteiger partial charge on any atom is -0.494 e. The van der Waals surface area contributed by atoms with Crippen molar-refractivity contribution >= 4 is 45.0 Å². The van der Waals surface area contributed by atoms with Gasteiger partial charge in [-0.05, 0) is 50.3 Å². The van der Waals surface area contributed by atoms with Gasteiger partial charge in [-0.1, -0.05) is 25.2 Å². The Bertz CT molecular complexity index is 878. The molecule has 0 unspecified atom stereocenters. The Labute approximate surface area is 175 Å². The summed E-state index contributed by atoms with van der Waals surface area (Å²) in [5, 5.41) is 0.673. The summed E-state index contributed by atoms with van der Waals surface area (Å²) in [7, 11) is 0. The van der Waals surface area contributed by atoms with Crippen molar-refractivity contribution < 1.29 is 13.9 Å². The van der Waals surface area contributed by atoms with Gasteiger partial charge in [-0.3, -0.25) is 9.69 Å². The largest absolute Gasteiger partial charge is 0.494 e. The summed E-state index contributed by atoms with van der Waals surface area (Å²) in [6, 6.07) is 9.22. The topological polar surface area (TPSA) is 58.8 Å². The first-order chi connectivity index (χ1) is 13.2. The molecule has 3 rings (SSSR count). The van der Waals surface area contributed by atoms with Crippen LogP contribution in [0.1, 0.15) is 31.3 Å². The van der Waals surface area contributed by atoms with Gasteiger partial charge >= 0.3 is 0 Å². The fraction of sp³-hybridized carbons (Fsp3) is 0.400. The average Bonchev–Trinajstić information content (AvgIpc) is 3.34. The van der Waals surface area contributed by atoms with E-state index in [0.29, 0.717) is 24.0 Å². The minimum atomic E-state index is -0.170. The number of carbonyl (C=O) groups is 1. The molecule has 1 amide bonds. The zero-order chi connectivity index (χ0) is 19.2. The highest BCUT2D eigenvalue weighted by atomic mass is 35.5. The molecule has 8 heteroatoms. The number of hydrogen-bond acceptors (Lipinski definition) is 6. The second-order valence-corrected chi connectivity index (χ2v) is 7.03. The highest BCUT2D eigenvalue weighted by molar-refractivity contribution is 7.22. The Morgan fingerprint density at radius 1 is 1.18 bits per heavy atom. The molecule has 0 saturated carbocycles. The molecule has 2 heterocycles. The van der Waals surface area contributed by atoms with Crippen LogP contribution in [-0.4, -0.2) is 48.6 Å². The third-order valence-electron chi connectivity index (χ3n) is 4.40. The van der Waals surface area contributed by atoms with Gasteiger partial charge in [0, 0.05) is 13.1 Å². The number of amides is 1. The lowest BCUT2D eigenvalue weighted by Gasteiger charge is -2.24. The summed E-state index contributed by atoms with van der Waals surface area (Å²) in [6.45, 7) is 10.0. The molecule has 6 nitrogen and oxygen atoms in total. The first kappa shape index (κ1) is 22.2. The van der Waals surface area contributed by atoms with Gasteiger partial charge in [0.1, 0.15) is 5.75 Å². The lowest BCUT2D eigenvalue weighted by atomic mass is 10.3. The Kier molecular flexibility index (Phi) is 8.29. The first-order valence-electron chi connectivity index (χ1n) is 9.27. The van der Waals surface area contributed by atoms with Crippen molar-refractivity contribution in [1.29, 1.82) is 0 Å². The van der Waals surface area contributed by atoms with Crippen LogP contribution in [-0.2, 0) is 0 Å². The zero-order valence-electron chi connectivity index (χ0n) is 16.4. The third kappa shape index (κ3) is 5.04. The van der Waals surface area contributed by atoms with Crippen molar-refractivity contribution in [2.24, 2.45) is 0 Å². The molecule has 0 atom stereocenters. The van der Waals surface area contributed by atoms with E-state index < -0.39 is 0 Å². The second kappa shape index (κ2) is 10.5. The zero-order valence-corrected chi connectivity index (χ0v) is 18.0. The molecule has 3 aromatic rings. The Morgan fingerprint density at radius 2 is 1.96 bits per heavy atom. The van der Waals surface area contributed by atoms with Crippen LogP contribution < -0.4 is 9.64 Å². The van der Waals surface area contributed by atoms with Crippen molar-refractivity contribution in [3.63, 3.8) is 0 Å². The van der Waals surface area contributed by atoms with Crippen molar-refractivity contribution in [2.75, 3.05) is 37.7 Å². The highest BCUT2D eigenvalue weighted by Crippen LogP contribution is 2.32. The second-order valence-electron chi connectivity index (χ2n) is 6.02. The molecule has 1 aromatic carbocycles. The fourth-order valence-electron chi connectivity index (χ4n) is 2.86. The molecule has 2 aromatic heterocycles. The van der Waals surface area contributed by atoms with Crippen LogP contribution in [0.3, 0.4) is 0 Å². The summed E-state index contributed by atoms with van der Waals surface area (Å²) in [5.74, 6) is 0.965. The van der Waals surface area contributed by atoms with E-state index in [0.717, 1.165) is 35.6 Å². The number of ether oxygens (including phenoxy) is 1. The van der Waals surface area contributed by atoms with Gasteiger partial charge in [-0.15, -0.1) is 12.4 Å².